The molecule has 1 saturated carbocycles. The third-order valence-corrected chi connectivity index (χ3v) is 5.32. The van der Waals surface area contributed by atoms with Gasteiger partial charge in [0.15, 0.2) is 0 Å². The Labute approximate surface area is 132 Å². The standard InChI is InChI=1S/C18H38N2O/c1-18(2,3)16-9-10-17(19-4)15(13-16)14-20(5)11-7-6-8-12-21/h15-17,19,21H,6-14H2,1-5H3. The summed E-state index contributed by atoms with van der Waals surface area (Å²) < 4.78 is 0. The van der Waals surface area contributed by atoms with E-state index < -0.39 is 0 Å². The highest BCUT2D eigenvalue weighted by Gasteiger charge is 2.35. The van der Waals surface area contributed by atoms with Crippen molar-refractivity contribution in [3.63, 3.8) is 0 Å². The van der Waals surface area contributed by atoms with E-state index in [1.807, 2.05) is 0 Å². The molecule has 0 saturated heterocycles. The molecule has 1 fully saturated rings. The lowest BCUT2D eigenvalue weighted by atomic mass is 9.67. The van der Waals surface area contributed by atoms with Gasteiger partial charge in [0, 0.05) is 19.2 Å². The predicted molar refractivity (Wildman–Crippen MR) is 91.6 cm³/mol. The highest BCUT2D eigenvalue weighted by molar-refractivity contribution is 4.89. The zero-order valence-electron chi connectivity index (χ0n) is 15.0. The van der Waals surface area contributed by atoms with Gasteiger partial charge in [0.2, 0.25) is 0 Å². The van der Waals surface area contributed by atoms with E-state index in [1.165, 1.54) is 32.2 Å². The molecule has 0 heterocycles. The van der Waals surface area contributed by atoms with Crippen LogP contribution in [0.3, 0.4) is 0 Å². The summed E-state index contributed by atoms with van der Waals surface area (Å²) in [6.45, 7) is 9.89. The number of unbranched alkanes of at least 4 members (excludes halogenated alkanes) is 2. The van der Waals surface area contributed by atoms with E-state index in [4.69, 9.17) is 5.11 Å². The maximum Gasteiger partial charge on any atom is 0.0431 e. The molecule has 0 radical (unpaired) electrons. The first-order valence-corrected chi connectivity index (χ1v) is 8.85. The fraction of sp³-hybridized carbons (Fsp3) is 1.00. The summed E-state index contributed by atoms with van der Waals surface area (Å²) in [6.07, 6.45) is 7.34. The second-order valence-electron chi connectivity index (χ2n) is 8.08. The molecule has 126 valence electrons. The van der Waals surface area contributed by atoms with Crippen molar-refractivity contribution >= 4 is 0 Å². The molecule has 1 rings (SSSR count). The number of aliphatic hydroxyl groups is 1. The van der Waals surface area contributed by atoms with Gasteiger partial charge in [0.05, 0.1) is 0 Å². The monoisotopic (exact) mass is 298 g/mol. The fourth-order valence-corrected chi connectivity index (χ4v) is 3.79. The minimum absolute atomic E-state index is 0.335. The van der Waals surface area contributed by atoms with E-state index >= 15 is 0 Å². The van der Waals surface area contributed by atoms with Gasteiger partial charge in [-0.2, -0.15) is 0 Å². The SMILES string of the molecule is CNC1CCC(C(C)(C)C)CC1CN(C)CCCCCO. The highest BCUT2D eigenvalue weighted by atomic mass is 16.2. The molecule has 3 nitrogen and oxygen atoms in total. The number of nitrogens with zero attached hydrogens (tertiary/aromatic N) is 1. The van der Waals surface area contributed by atoms with E-state index in [0.717, 1.165) is 31.2 Å². The molecule has 0 amide bonds. The molecule has 0 aliphatic heterocycles. The number of hydrogen-bond donors (Lipinski definition) is 2. The van der Waals surface area contributed by atoms with E-state index in [9.17, 15) is 0 Å². The molecule has 0 aromatic carbocycles. The molecule has 1 aliphatic carbocycles. The predicted octanol–water partition coefficient (Wildman–Crippen LogP) is 3.13. The average molecular weight is 299 g/mol. The molecule has 3 unspecified atom stereocenters. The first-order chi connectivity index (χ1) is 9.88. The summed E-state index contributed by atoms with van der Waals surface area (Å²) in [4.78, 5) is 2.50. The van der Waals surface area contributed by atoms with Gasteiger partial charge >= 0.3 is 0 Å². The Balaban J connectivity index is 2.44. The summed E-state index contributed by atoms with van der Waals surface area (Å²) >= 11 is 0. The van der Waals surface area contributed by atoms with Crippen LogP contribution in [0.2, 0.25) is 0 Å². The molecule has 0 bridgehead atoms. The van der Waals surface area contributed by atoms with Gasteiger partial charge < -0.3 is 15.3 Å². The zero-order valence-corrected chi connectivity index (χ0v) is 15.0. The Morgan fingerprint density at radius 1 is 1.14 bits per heavy atom. The van der Waals surface area contributed by atoms with Gasteiger partial charge in [-0.25, -0.2) is 0 Å². The van der Waals surface area contributed by atoms with Crippen LogP contribution in [-0.2, 0) is 0 Å². The lowest BCUT2D eigenvalue weighted by molar-refractivity contribution is 0.0956. The second kappa shape index (κ2) is 9.12. The Bertz CT molecular complexity index is 275. The largest absolute Gasteiger partial charge is 0.396 e. The Kier molecular flexibility index (Phi) is 8.22. The molecule has 0 aromatic heterocycles. The second-order valence-corrected chi connectivity index (χ2v) is 8.08. The molecule has 0 spiro atoms. The van der Waals surface area contributed by atoms with Gasteiger partial charge in [-0.1, -0.05) is 20.8 Å². The summed E-state index contributed by atoms with van der Waals surface area (Å²) in [5.41, 5.74) is 0.441. The lowest BCUT2D eigenvalue weighted by Crippen LogP contribution is -2.45. The van der Waals surface area contributed by atoms with Crippen LogP contribution < -0.4 is 5.32 Å². The normalized spacial score (nSPS) is 27.3. The van der Waals surface area contributed by atoms with Gasteiger partial charge in [0.1, 0.15) is 0 Å². The molecule has 1 aliphatic rings. The van der Waals surface area contributed by atoms with Crippen molar-refractivity contribution in [3.8, 4) is 0 Å². The van der Waals surface area contributed by atoms with Crippen LogP contribution in [0.25, 0.3) is 0 Å². The molecule has 21 heavy (non-hydrogen) atoms. The number of aliphatic hydroxyl groups excluding tert-OH is 1. The summed E-state index contributed by atoms with van der Waals surface area (Å²) in [7, 11) is 4.38. The van der Waals surface area contributed by atoms with Crippen molar-refractivity contribution in [1.29, 1.82) is 0 Å². The van der Waals surface area contributed by atoms with Gasteiger partial charge in [-0.3, -0.25) is 0 Å². The summed E-state index contributed by atoms with van der Waals surface area (Å²) in [5.74, 6) is 1.63. The topological polar surface area (TPSA) is 35.5 Å². The van der Waals surface area contributed by atoms with Crippen molar-refractivity contribution < 1.29 is 5.11 Å². The van der Waals surface area contributed by atoms with Gasteiger partial charge in [0.25, 0.3) is 0 Å². The zero-order chi connectivity index (χ0) is 15.9. The highest BCUT2D eigenvalue weighted by Crippen LogP contribution is 2.40. The lowest BCUT2D eigenvalue weighted by Gasteiger charge is -2.43. The molecule has 3 heteroatoms. The smallest absolute Gasteiger partial charge is 0.0431 e. The van der Waals surface area contributed by atoms with Crippen LogP contribution in [-0.4, -0.2) is 49.8 Å². The van der Waals surface area contributed by atoms with Crippen LogP contribution in [0.5, 0.6) is 0 Å². The van der Waals surface area contributed by atoms with Crippen molar-refractivity contribution in [1.82, 2.24) is 10.2 Å². The molecule has 3 atom stereocenters. The van der Waals surface area contributed by atoms with Crippen LogP contribution in [0.15, 0.2) is 0 Å². The first kappa shape index (κ1) is 18.9. The average Bonchev–Trinajstić information content (AvgIpc) is 2.42. The first-order valence-electron chi connectivity index (χ1n) is 8.85. The van der Waals surface area contributed by atoms with Crippen LogP contribution in [0.4, 0.5) is 0 Å². The Hall–Kier alpha value is -0.120. The number of nitrogens with one attached hydrogen (secondary N) is 1. The molecule has 0 aromatic rings. The van der Waals surface area contributed by atoms with E-state index in [1.54, 1.807) is 0 Å². The Morgan fingerprint density at radius 2 is 1.86 bits per heavy atom. The number of hydrogen-bond acceptors (Lipinski definition) is 3. The molecule has 2 N–H and O–H groups in total. The third-order valence-electron chi connectivity index (χ3n) is 5.32. The summed E-state index contributed by atoms with van der Waals surface area (Å²) in [6, 6.07) is 0.684. The van der Waals surface area contributed by atoms with Crippen molar-refractivity contribution in [3.05, 3.63) is 0 Å². The third kappa shape index (κ3) is 6.66. The quantitative estimate of drug-likeness (QED) is 0.676. The van der Waals surface area contributed by atoms with Gasteiger partial charge in [-0.05, 0) is 76.4 Å². The van der Waals surface area contributed by atoms with E-state index in [2.05, 4.69) is 45.1 Å². The van der Waals surface area contributed by atoms with Crippen LogP contribution in [0.1, 0.15) is 59.3 Å². The minimum Gasteiger partial charge on any atom is -0.396 e. The Morgan fingerprint density at radius 3 is 2.43 bits per heavy atom. The number of rotatable bonds is 8. The van der Waals surface area contributed by atoms with Gasteiger partial charge in [-0.15, -0.1) is 0 Å². The van der Waals surface area contributed by atoms with E-state index in [-0.39, 0.29) is 0 Å². The van der Waals surface area contributed by atoms with E-state index in [0.29, 0.717) is 18.1 Å². The molecular weight excluding hydrogens is 260 g/mol. The van der Waals surface area contributed by atoms with Crippen molar-refractivity contribution in [2.75, 3.05) is 33.8 Å². The summed E-state index contributed by atoms with van der Waals surface area (Å²) in [5, 5.41) is 12.4. The fourth-order valence-electron chi connectivity index (χ4n) is 3.79. The van der Waals surface area contributed by atoms with Crippen LogP contribution >= 0.6 is 0 Å². The van der Waals surface area contributed by atoms with Crippen molar-refractivity contribution in [2.24, 2.45) is 17.3 Å². The van der Waals surface area contributed by atoms with Crippen LogP contribution in [0, 0.1) is 17.3 Å². The maximum absolute atomic E-state index is 8.84. The maximum atomic E-state index is 8.84. The molecular formula is C18H38N2O. The minimum atomic E-state index is 0.335. The van der Waals surface area contributed by atoms with Crippen molar-refractivity contribution in [2.45, 2.75) is 65.3 Å².